The smallest absolute Gasteiger partial charge is 0.127 e. The van der Waals surface area contributed by atoms with Crippen LogP contribution in [0, 0.1) is 0 Å². The lowest BCUT2D eigenvalue weighted by Gasteiger charge is -2.14. The first kappa shape index (κ1) is 15.4. The number of para-hydroxylation sites is 1. The van der Waals surface area contributed by atoms with Crippen molar-refractivity contribution in [2.75, 3.05) is 13.2 Å². The topological polar surface area (TPSA) is 30.5 Å². The largest absolute Gasteiger partial charge is 0.492 e. The zero-order valence-corrected chi connectivity index (χ0v) is 12.7. The van der Waals surface area contributed by atoms with Crippen molar-refractivity contribution in [1.29, 1.82) is 0 Å². The third kappa shape index (κ3) is 5.48. The summed E-state index contributed by atoms with van der Waals surface area (Å²) < 4.78 is 11.5. The number of hydrogen-bond acceptors (Lipinski definition) is 3. The zero-order chi connectivity index (χ0) is 14.9. The molecule has 0 aromatic heterocycles. The molecule has 0 spiro atoms. The van der Waals surface area contributed by atoms with Gasteiger partial charge in [-0.2, -0.15) is 0 Å². The Bertz CT molecular complexity index is 511. The lowest BCUT2D eigenvalue weighted by molar-refractivity contribution is 0.273. The molecule has 0 bridgehead atoms. The Morgan fingerprint density at radius 2 is 1.52 bits per heavy atom. The quantitative estimate of drug-likeness (QED) is 0.786. The predicted molar refractivity (Wildman–Crippen MR) is 86.2 cm³/mol. The van der Waals surface area contributed by atoms with Gasteiger partial charge in [-0.05, 0) is 56.3 Å². The highest BCUT2D eigenvalue weighted by Crippen LogP contribution is 2.23. The van der Waals surface area contributed by atoms with Crippen LogP contribution in [-0.2, 0) is 0 Å². The summed E-state index contributed by atoms with van der Waals surface area (Å²) in [5.41, 5.74) is 0. The van der Waals surface area contributed by atoms with Crippen molar-refractivity contribution in [3.05, 3.63) is 54.6 Å². The van der Waals surface area contributed by atoms with E-state index in [2.05, 4.69) is 19.2 Å². The van der Waals surface area contributed by atoms with E-state index in [-0.39, 0.29) is 0 Å². The minimum absolute atomic E-state index is 0.352. The van der Waals surface area contributed by atoms with E-state index in [9.17, 15) is 0 Å². The molecule has 1 atom stereocenters. The van der Waals surface area contributed by atoms with Crippen molar-refractivity contribution in [3.63, 3.8) is 0 Å². The molecule has 0 heterocycles. The summed E-state index contributed by atoms with van der Waals surface area (Å²) in [5, 5.41) is 3.40. The molecule has 0 amide bonds. The number of nitrogens with one attached hydrogen (secondary N) is 1. The minimum atomic E-state index is 0.352. The van der Waals surface area contributed by atoms with Gasteiger partial charge in [0.25, 0.3) is 0 Å². The molecule has 0 saturated carbocycles. The Labute approximate surface area is 126 Å². The van der Waals surface area contributed by atoms with Crippen molar-refractivity contribution < 1.29 is 9.47 Å². The van der Waals surface area contributed by atoms with Crippen LogP contribution in [0.3, 0.4) is 0 Å². The van der Waals surface area contributed by atoms with E-state index in [1.54, 1.807) is 0 Å². The van der Waals surface area contributed by atoms with E-state index in [1.165, 1.54) is 0 Å². The monoisotopic (exact) mass is 285 g/mol. The Morgan fingerprint density at radius 1 is 0.905 bits per heavy atom. The van der Waals surface area contributed by atoms with E-state index in [0.29, 0.717) is 12.6 Å². The van der Waals surface area contributed by atoms with E-state index in [0.717, 1.165) is 30.2 Å². The first-order valence-electron chi connectivity index (χ1n) is 7.47. The Balaban J connectivity index is 1.82. The first-order valence-corrected chi connectivity index (χ1v) is 7.47. The van der Waals surface area contributed by atoms with Gasteiger partial charge in [0.1, 0.15) is 23.9 Å². The van der Waals surface area contributed by atoms with Crippen LogP contribution in [0.1, 0.15) is 20.3 Å². The molecule has 0 fully saturated rings. The van der Waals surface area contributed by atoms with Gasteiger partial charge in [-0.15, -0.1) is 0 Å². The maximum absolute atomic E-state index is 5.75. The van der Waals surface area contributed by atoms with Crippen LogP contribution in [0.5, 0.6) is 17.2 Å². The second kappa shape index (κ2) is 8.32. The number of ether oxygens (including phenoxy) is 2. The van der Waals surface area contributed by atoms with Crippen LogP contribution in [-0.4, -0.2) is 19.2 Å². The summed E-state index contributed by atoms with van der Waals surface area (Å²) in [5.74, 6) is 2.51. The average molecular weight is 285 g/mol. The SMILES string of the molecule is CCCNC(C)COc1ccc(Oc2ccccc2)cc1. The van der Waals surface area contributed by atoms with Gasteiger partial charge in [0.05, 0.1) is 0 Å². The number of benzene rings is 2. The van der Waals surface area contributed by atoms with Crippen molar-refractivity contribution in [2.45, 2.75) is 26.3 Å². The molecule has 0 aliphatic heterocycles. The molecule has 0 saturated heterocycles. The molecule has 3 nitrogen and oxygen atoms in total. The van der Waals surface area contributed by atoms with Crippen molar-refractivity contribution in [3.8, 4) is 17.2 Å². The van der Waals surface area contributed by atoms with Crippen LogP contribution < -0.4 is 14.8 Å². The molecular formula is C18H23NO2. The Morgan fingerprint density at radius 3 is 2.19 bits per heavy atom. The molecule has 3 heteroatoms. The average Bonchev–Trinajstić information content (AvgIpc) is 2.53. The summed E-state index contributed by atoms with van der Waals surface area (Å²) in [6.07, 6.45) is 1.13. The second-order valence-electron chi connectivity index (χ2n) is 5.05. The summed E-state index contributed by atoms with van der Waals surface area (Å²) >= 11 is 0. The van der Waals surface area contributed by atoms with Crippen LogP contribution in [0.4, 0.5) is 0 Å². The fraction of sp³-hybridized carbons (Fsp3) is 0.333. The summed E-state index contributed by atoms with van der Waals surface area (Å²) in [6.45, 7) is 5.97. The van der Waals surface area contributed by atoms with Crippen LogP contribution in [0.15, 0.2) is 54.6 Å². The maximum Gasteiger partial charge on any atom is 0.127 e. The van der Waals surface area contributed by atoms with Gasteiger partial charge >= 0.3 is 0 Å². The highest BCUT2D eigenvalue weighted by atomic mass is 16.5. The first-order chi connectivity index (χ1) is 10.3. The molecule has 2 aromatic rings. The van der Waals surface area contributed by atoms with Crippen molar-refractivity contribution >= 4 is 0 Å². The lowest BCUT2D eigenvalue weighted by Crippen LogP contribution is -2.32. The second-order valence-corrected chi connectivity index (χ2v) is 5.05. The summed E-state index contributed by atoms with van der Waals surface area (Å²) in [6, 6.07) is 17.8. The molecule has 2 aromatic carbocycles. The molecule has 21 heavy (non-hydrogen) atoms. The van der Waals surface area contributed by atoms with E-state index >= 15 is 0 Å². The van der Waals surface area contributed by atoms with Gasteiger partial charge in [0.15, 0.2) is 0 Å². The standard InChI is InChI=1S/C18H23NO2/c1-3-13-19-15(2)14-20-16-9-11-18(12-10-16)21-17-7-5-4-6-8-17/h4-12,15,19H,3,13-14H2,1-2H3. The van der Waals surface area contributed by atoms with Crippen LogP contribution >= 0.6 is 0 Å². The van der Waals surface area contributed by atoms with Crippen LogP contribution in [0.2, 0.25) is 0 Å². The molecule has 2 rings (SSSR count). The predicted octanol–water partition coefficient (Wildman–Crippen LogP) is 4.25. The van der Waals surface area contributed by atoms with E-state index in [4.69, 9.17) is 9.47 Å². The van der Waals surface area contributed by atoms with Gasteiger partial charge in [-0.3, -0.25) is 0 Å². The minimum Gasteiger partial charge on any atom is -0.492 e. The van der Waals surface area contributed by atoms with Gasteiger partial charge in [0, 0.05) is 6.04 Å². The molecule has 0 radical (unpaired) electrons. The molecular weight excluding hydrogens is 262 g/mol. The summed E-state index contributed by atoms with van der Waals surface area (Å²) in [4.78, 5) is 0. The van der Waals surface area contributed by atoms with Gasteiger partial charge in [0.2, 0.25) is 0 Å². The highest BCUT2D eigenvalue weighted by Gasteiger charge is 2.02. The fourth-order valence-corrected chi connectivity index (χ4v) is 1.90. The maximum atomic E-state index is 5.75. The normalized spacial score (nSPS) is 11.9. The molecule has 0 aliphatic carbocycles. The van der Waals surface area contributed by atoms with Crippen molar-refractivity contribution in [1.82, 2.24) is 5.32 Å². The molecule has 0 aliphatic rings. The van der Waals surface area contributed by atoms with Gasteiger partial charge in [-0.25, -0.2) is 0 Å². The lowest BCUT2D eigenvalue weighted by atomic mass is 10.3. The molecule has 1 unspecified atom stereocenters. The summed E-state index contributed by atoms with van der Waals surface area (Å²) in [7, 11) is 0. The Kier molecular flexibility index (Phi) is 6.10. The zero-order valence-electron chi connectivity index (χ0n) is 12.7. The van der Waals surface area contributed by atoms with E-state index < -0.39 is 0 Å². The molecule has 112 valence electrons. The van der Waals surface area contributed by atoms with Gasteiger partial charge < -0.3 is 14.8 Å². The fourth-order valence-electron chi connectivity index (χ4n) is 1.90. The molecule has 1 N–H and O–H groups in total. The Hall–Kier alpha value is -2.00. The van der Waals surface area contributed by atoms with Crippen LogP contribution in [0.25, 0.3) is 0 Å². The third-order valence-corrected chi connectivity index (χ3v) is 3.05. The van der Waals surface area contributed by atoms with Gasteiger partial charge in [-0.1, -0.05) is 25.1 Å². The highest BCUT2D eigenvalue weighted by molar-refractivity contribution is 5.35. The third-order valence-electron chi connectivity index (χ3n) is 3.05. The van der Waals surface area contributed by atoms with E-state index in [1.807, 2.05) is 54.6 Å². The van der Waals surface area contributed by atoms with Crippen molar-refractivity contribution in [2.24, 2.45) is 0 Å². The number of hydrogen-bond donors (Lipinski definition) is 1. The number of rotatable bonds is 8.